The molecule has 0 radical (unpaired) electrons. The molecule has 0 saturated heterocycles. The normalized spacial score (nSPS) is 10.4. The van der Waals surface area contributed by atoms with Crippen LogP contribution in [-0.4, -0.2) is 15.8 Å². The molecule has 0 unspecified atom stereocenters. The number of pyridine rings is 1. The maximum atomic E-state index is 12.3. The van der Waals surface area contributed by atoms with Crippen molar-refractivity contribution in [1.29, 1.82) is 0 Å². The summed E-state index contributed by atoms with van der Waals surface area (Å²) in [6.07, 6.45) is 3.06. The largest absolute Gasteiger partial charge is 0.469 e. The number of hydrogen-bond donors (Lipinski definition) is 1. The van der Waals surface area contributed by atoms with Gasteiger partial charge in [-0.15, -0.1) is 0 Å². The highest BCUT2D eigenvalue weighted by Crippen LogP contribution is 2.32. The molecule has 1 amide bonds. The van der Waals surface area contributed by atoms with Gasteiger partial charge >= 0.3 is 0 Å². The summed E-state index contributed by atoms with van der Waals surface area (Å²) in [5.41, 5.74) is 0.601. The fourth-order valence-corrected chi connectivity index (χ4v) is 3.03. The zero-order valence-corrected chi connectivity index (χ0v) is 13.9. The maximum absolute atomic E-state index is 12.3. The molecular formula is C17H13N3O4S. The van der Waals surface area contributed by atoms with Crippen molar-refractivity contribution in [2.75, 3.05) is 5.32 Å². The van der Waals surface area contributed by atoms with Crippen molar-refractivity contribution in [3.05, 3.63) is 76.4 Å². The number of nitrogens with zero attached hydrogens (tertiary/aromatic N) is 2. The van der Waals surface area contributed by atoms with E-state index in [0.29, 0.717) is 26.9 Å². The van der Waals surface area contributed by atoms with Gasteiger partial charge in [0.15, 0.2) is 0 Å². The van der Waals surface area contributed by atoms with Gasteiger partial charge in [-0.3, -0.25) is 14.9 Å². The van der Waals surface area contributed by atoms with E-state index in [0.717, 1.165) is 0 Å². The zero-order valence-electron chi connectivity index (χ0n) is 13.1. The van der Waals surface area contributed by atoms with Crippen LogP contribution in [0.1, 0.15) is 16.1 Å². The standard InChI is InChI=1S/C17H13N3O4S/c1-11-15(5-7-24-11)17(21)19-12-8-13(20(22)23)10-14(9-12)25-16-4-2-3-6-18-16/h2-10H,1H3,(H,19,21). The number of carbonyl (C=O) groups excluding carboxylic acids is 1. The van der Waals surface area contributed by atoms with Gasteiger partial charge < -0.3 is 9.73 Å². The quantitative estimate of drug-likeness (QED) is 0.541. The van der Waals surface area contributed by atoms with Crippen LogP contribution in [-0.2, 0) is 0 Å². The third-order valence-electron chi connectivity index (χ3n) is 3.32. The van der Waals surface area contributed by atoms with Crippen LogP contribution in [0.25, 0.3) is 0 Å². The number of non-ortho nitro benzene ring substituents is 1. The minimum Gasteiger partial charge on any atom is -0.469 e. The Morgan fingerprint density at radius 2 is 2.12 bits per heavy atom. The lowest BCUT2D eigenvalue weighted by Crippen LogP contribution is -2.12. The molecule has 1 N–H and O–H groups in total. The van der Waals surface area contributed by atoms with Crippen LogP contribution in [0.15, 0.2) is 69.3 Å². The van der Waals surface area contributed by atoms with Gasteiger partial charge in [-0.05, 0) is 31.2 Å². The number of nitrogens with one attached hydrogen (secondary N) is 1. The summed E-state index contributed by atoms with van der Waals surface area (Å²) in [7, 11) is 0. The number of nitro groups is 1. The molecule has 0 atom stereocenters. The molecule has 3 aromatic rings. The minimum absolute atomic E-state index is 0.111. The molecule has 0 aliphatic heterocycles. The maximum Gasteiger partial charge on any atom is 0.272 e. The third-order valence-corrected chi connectivity index (χ3v) is 4.25. The average Bonchev–Trinajstić information content (AvgIpc) is 3.01. The molecule has 0 spiro atoms. The Kier molecular flexibility index (Phi) is 4.80. The number of anilines is 1. The number of carbonyl (C=O) groups is 1. The second-order valence-corrected chi connectivity index (χ2v) is 6.18. The summed E-state index contributed by atoms with van der Waals surface area (Å²) in [5, 5.41) is 14.5. The fraction of sp³-hybridized carbons (Fsp3) is 0.0588. The first-order valence-electron chi connectivity index (χ1n) is 7.27. The Hall–Kier alpha value is -3.13. The van der Waals surface area contributed by atoms with Crippen LogP contribution < -0.4 is 5.32 Å². The summed E-state index contributed by atoms with van der Waals surface area (Å²) in [6.45, 7) is 1.67. The van der Waals surface area contributed by atoms with Crippen molar-refractivity contribution < 1.29 is 14.1 Å². The molecule has 0 aliphatic carbocycles. The van der Waals surface area contributed by atoms with Crippen LogP contribution in [0.5, 0.6) is 0 Å². The Bertz CT molecular complexity index is 925. The SMILES string of the molecule is Cc1occc1C(=O)Nc1cc(Sc2ccccn2)cc([N+](=O)[O-])c1. The van der Waals surface area contributed by atoms with Gasteiger partial charge in [-0.1, -0.05) is 17.8 Å². The number of amides is 1. The first-order chi connectivity index (χ1) is 12.0. The molecule has 0 aliphatic rings. The number of nitro benzene ring substituents is 1. The summed E-state index contributed by atoms with van der Waals surface area (Å²) in [6, 6.07) is 11.4. The van der Waals surface area contributed by atoms with E-state index in [2.05, 4.69) is 10.3 Å². The molecule has 0 fully saturated rings. The van der Waals surface area contributed by atoms with Gasteiger partial charge in [0.25, 0.3) is 11.6 Å². The van der Waals surface area contributed by atoms with Crippen molar-refractivity contribution in [3.63, 3.8) is 0 Å². The molecule has 25 heavy (non-hydrogen) atoms. The molecule has 1 aromatic carbocycles. The van der Waals surface area contributed by atoms with Crippen LogP contribution in [0.4, 0.5) is 11.4 Å². The van der Waals surface area contributed by atoms with E-state index in [9.17, 15) is 14.9 Å². The Morgan fingerprint density at radius 3 is 2.76 bits per heavy atom. The number of hydrogen-bond acceptors (Lipinski definition) is 6. The highest BCUT2D eigenvalue weighted by atomic mass is 32.2. The van der Waals surface area contributed by atoms with Gasteiger partial charge in [0.05, 0.1) is 16.7 Å². The minimum atomic E-state index is -0.499. The van der Waals surface area contributed by atoms with Crippen molar-refractivity contribution in [1.82, 2.24) is 4.98 Å². The van der Waals surface area contributed by atoms with Crippen LogP contribution >= 0.6 is 11.8 Å². The Morgan fingerprint density at radius 1 is 1.28 bits per heavy atom. The summed E-state index contributed by atoms with van der Waals surface area (Å²) < 4.78 is 5.11. The van der Waals surface area contributed by atoms with Crippen molar-refractivity contribution in [2.45, 2.75) is 16.8 Å². The lowest BCUT2D eigenvalue weighted by molar-refractivity contribution is -0.385. The zero-order chi connectivity index (χ0) is 17.8. The summed E-state index contributed by atoms with van der Waals surface area (Å²) in [5.74, 6) is 0.0894. The monoisotopic (exact) mass is 355 g/mol. The predicted octanol–water partition coefficient (Wildman–Crippen LogP) is 4.29. The number of aryl methyl sites for hydroxylation is 1. The molecule has 126 valence electrons. The first kappa shape index (κ1) is 16.7. The second-order valence-electron chi connectivity index (χ2n) is 5.09. The lowest BCUT2D eigenvalue weighted by Gasteiger charge is -2.07. The number of benzene rings is 1. The van der Waals surface area contributed by atoms with E-state index in [4.69, 9.17) is 4.42 Å². The molecule has 7 nitrogen and oxygen atoms in total. The number of rotatable bonds is 5. The third kappa shape index (κ3) is 4.04. The van der Waals surface area contributed by atoms with Crippen LogP contribution in [0, 0.1) is 17.0 Å². The van der Waals surface area contributed by atoms with Gasteiger partial charge in [-0.25, -0.2) is 4.98 Å². The molecule has 2 heterocycles. The van der Waals surface area contributed by atoms with E-state index in [-0.39, 0.29) is 11.6 Å². The molecule has 8 heteroatoms. The summed E-state index contributed by atoms with van der Waals surface area (Å²) in [4.78, 5) is 27.8. The number of aromatic nitrogens is 1. The number of furan rings is 1. The van der Waals surface area contributed by atoms with Crippen LogP contribution in [0.3, 0.4) is 0 Å². The first-order valence-corrected chi connectivity index (χ1v) is 8.08. The highest BCUT2D eigenvalue weighted by molar-refractivity contribution is 7.99. The van der Waals surface area contributed by atoms with Crippen LogP contribution in [0.2, 0.25) is 0 Å². The smallest absolute Gasteiger partial charge is 0.272 e. The van der Waals surface area contributed by atoms with Gasteiger partial charge in [0, 0.05) is 28.9 Å². The molecule has 2 aromatic heterocycles. The van der Waals surface area contributed by atoms with Gasteiger partial charge in [0.2, 0.25) is 0 Å². The van der Waals surface area contributed by atoms with E-state index < -0.39 is 4.92 Å². The predicted molar refractivity (Wildman–Crippen MR) is 92.9 cm³/mol. The summed E-state index contributed by atoms with van der Waals surface area (Å²) >= 11 is 1.28. The van der Waals surface area contributed by atoms with E-state index in [1.807, 2.05) is 6.07 Å². The Balaban J connectivity index is 1.89. The molecule has 3 rings (SSSR count). The van der Waals surface area contributed by atoms with E-state index in [1.54, 1.807) is 37.4 Å². The van der Waals surface area contributed by atoms with Crippen molar-refractivity contribution in [2.24, 2.45) is 0 Å². The second kappa shape index (κ2) is 7.18. The van der Waals surface area contributed by atoms with Gasteiger partial charge in [0.1, 0.15) is 10.8 Å². The van der Waals surface area contributed by atoms with E-state index in [1.165, 1.54) is 30.2 Å². The molecule has 0 saturated carbocycles. The fourth-order valence-electron chi connectivity index (χ4n) is 2.17. The molecular weight excluding hydrogens is 342 g/mol. The van der Waals surface area contributed by atoms with Crippen molar-refractivity contribution in [3.8, 4) is 0 Å². The topological polar surface area (TPSA) is 98.3 Å². The highest BCUT2D eigenvalue weighted by Gasteiger charge is 2.15. The van der Waals surface area contributed by atoms with E-state index >= 15 is 0 Å². The molecule has 0 bridgehead atoms. The average molecular weight is 355 g/mol. The van der Waals surface area contributed by atoms with Gasteiger partial charge in [-0.2, -0.15) is 0 Å². The van der Waals surface area contributed by atoms with Crippen molar-refractivity contribution >= 4 is 29.0 Å². The Labute approximate surface area is 147 Å². The lowest BCUT2D eigenvalue weighted by atomic mass is 10.2.